The molecule has 0 saturated heterocycles. The minimum atomic E-state index is -1.12. The highest BCUT2D eigenvalue weighted by Gasteiger charge is 2.12. The molecule has 0 aliphatic carbocycles. The zero-order chi connectivity index (χ0) is 11.0. The number of hydrogen-bond donors (Lipinski definition) is 3. The molecule has 3 N–H and O–H groups in total. The molecule has 0 heterocycles. The maximum atomic E-state index is 10.1. The molecule has 0 saturated carbocycles. The summed E-state index contributed by atoms with van der Waals surface area (Å²) in [7, 11) is 0. The molecule has 4 nitrogen and oxygen atoms in total. The highest BCUT2D eigenvalue weighted by Crippen LogP contribution is 2.07. The van der Waals surface area contributed by atoms with Crippen molar-refractivity contribution in [1.82, 2.24) is 0 Å². The van der Waals surface area contributed by atoms with Crippen molar-refractivity contribution in [2.24, 2.45) is 0 Å². The Morgan fingerprint density at radius 3 is 2.50 bits per heavy atom. The number of carboxylic acids is 1. The van der Waals surface area contributed by atoms with E-state index in [-0.39, 0.29) is 0 Å². The molecule has 0 fully saturated rings. The molecule has 14 heavy (non-hydrogen) atoms. The van der Waals surface area contributed by atoms with E-state index in [9.17, 15) is 15.0 Å². The van der Waals surface area contributed by atoms with Gasteiger partial charge in [-0.05, 0) is 12.5 Å². The lowest BCUT2D eigenvalue weighted by Gasteiger charge is -2.13. The quantitative estimate of drug-likeness (QED) is 0.424. The van der Waals surface area contributed by atoms with Gasteiger partial charge in [-0.3, -0.25) is 0 Å². The van der Waals surface area contributed by atoms with Crippen LogP contribution in [0.15, 0.2) is 12.2 Å². The van der Waals surface area contributed by atoms with Crippen LogP contribution in [-0.2, 0) is 4.79 Å². The largest absolute Gasteiger partial charge is 0.478 e. The molecule has 0 bridgehead atoms. The van der Waals surface area contributed by atoms with Gasteiger partial charge in [-0.2, -0.15) is 0 Å². The van der Waals surface area contributed by atoms with Crippen LogP contribution in [0.25, 0.3) is 0 Å². The summed E-state index contributed by atoms with van der Waals surface area (Å²) in [5, 5.41) is 26.9. The first-order valence-electron chi connectivity index (χ1n) is 4.85. The normalized spacial score (nSPS) is 15.6. The van der Waals surface area contributed by atoms with E-state index < -0.39 is 18.2 Å². The number of unbranched alkanes of at least 4 members (excludes halogenated alkanes) is 2. The van der Waals surface area contributed by atoms with Gasteiger partial charge in [-0.15, -0.1) is 0 Å². The Kier molecular flexibility index (Phi) is 7.06. The molecule has 0 aromatic carbocycles. The summed E-state index contributed by atoms with van der Waals surface area (Å²) < 4.78 is 0. The minimum absolute atomic E-state index is 0.499. The van der Waals surface area contributed by atoms with Crippen molar-refractivity contribution in [3.63, 3.8) is 0 Å². The van der Waals surface area contributed by atoms with Gasteiger partial charge < -0.3 is 15.3 Å². The summed E-state index contributed by atoms with van der Waals surface area (Å²) >= 11 is 0. The van der Waals surface area contributed by atoms with Crippen molar-refractivity contribution in [1.29, 1.82) is 0 Å². The van der Waals surface area contributed by atoms with Gasteiger partial charge >= 0.3 is 5.97 Å². The molecule has 82 valence electrons. The van der Waals surface area contributed by atoms with E-state index in [0.29, 0.717) is 6.42 Å². The van der Waals surface area contributed by atoms with Crippen LogP contribution in [-0.4, -0.2) is 33.5 Å². The van der Waals surface area contributed by atoms with E-state index in [1.165, 1.54) is 0 Å². The molecular weight excluding hydrogens is 184 g/mol. The fourth-order valence-corrected chi connectivity index (χ4v) is 1.08. The third-order valence-corrected chi connectivity index (χ3v) is 1.93. The average molecular weight is 202 g/mol. The topological polar surface area (TPSA) is 77.8 Å². The van der Waals surface area contributed by atoms with Crippen LogP contribution in [0.5, 0.6) is 0 Å². The molecule has 0 aromatic rings. The monoisotopic (exact) mass is 202 g/mol. The number of carboxylic acid groups (broad SMARTS) is 1. The SMILES string of the molecule is CCCCCC(O)C(O)C=CC(=O)O. The Morgan fingerprint density at radius 1 is 1.36 bits per heavy atom. The Balaban J connectivity index is 3.75. The number of aliphatic carboxylic acids is 1. The summed E-state index contributed by atoms with van der Waals surface area (Å²) in [5.41, 5.74) is 0. The van der Waals surface area contributed by atoms with Gasteiger partial charge in [-0.1, -0.05) is 26.2 Å². The third kappa shape index (κ3) is 6.62. The highest BCUT2D eigenvalue weighted by atomic mass is 16.4. The van der Waals surface area contributed by atoms with E-state index >= 15 is 0 Å². The lowest BCUT2D eigenvalue weighted by atomic mass is 10.1. The molecule has 0 aromatic heterocycles. The van der Waals surface area contributed by atoms with Crippen molar-refractivity contribution in [3.05, 3.63) is 12.2 Å². The van der Waals surface area contributed by atoms with E-state index in [0.717, 1.165) is 31.4 Å². The van der Waals surface area contributed by atoms with Crippen molar-refractivity contribution >= 4 is 5.97 Å². The number of aliphatic hydroxyl groups excluding tert-OH is 2. The Labute approximate surface area is 83.9 Å². The molecular formula is C10H18O4. The predicted molar refractivity (Wildman–Crippen MR) is 52.9 cm³/mol. The predicted octanol–water partition coefficient (Wildman–Crippen LogP) is 0.929. The van der Waals surface area contributed by atoms with Gasteiger partial charge in [0.15, 0.2) is 0 Å². The molecule has 0 amide bonds. The second-order valence-electron chi connectivity index (χ2n) is 3.25. The number of rotatable bonds is 7. The summed E-state index contributed by atoms with van der Waals surface area (Å²) in [5.74, 6) is -1.12. The van der Waals surface area contributed by atoms with Crippen LogP contribution in [0, 0.1) is 0 Å². The maximum Gasteiger partial charge on any atom is 0.328 e. The van der Waals surface area contributed by atoms with Gasteiger partial charge in [0, 0.05) is 6.08 Å². The Bertz CT molecular complexity index is 189. The summed E-state index contributed by atoms with van der Waals surface area (Å²) in [6.07, 6.45) is 3.39. The van der Waals surface area contributed by atoms with Crippen molar-refractivity contribution in [2.75, 3.05) is 0 Å². The van der Waals surface area contributed by atoms with Gasteiger partial charge in [0.05, 0.1) is 12.2 Å². The Hall–Kier alpha value is -0.870. The second kappa shape index (κ2) is 7.53. The van der Waals surface area contributed by atoms with Gasteiger partial charge in [-0.25, -0.2) is 4.79 Å². The number of hydrogen-bond acceptors (Lipinski definition) is 3. The van der Waals surface area contributed by atoms with Crippen molar-refractivity contribution in [2.45, 2.75) is 44.8 Å². The fourth-order valence-electron chi connectivity index (χ4n) is 1.08. The first-order chi connectivity index (χ1) is 6.57. The van der Waals surface area contributed by atoms with Gasteiger partial charge in [0.25, 0.3) is 0 Å². The fraction of sp³-hybridized carbons (Fsp3) is 0.700. The van der Waals surface area contributed by atoms with Crippen LogP contribution in [0.1, 0.15) is 32.6 Å². The molecule has 0 aliphatic heterocycles. The maximum absolute atomic E-state index is 10.1. The van der Waals surface area contributed by atoms with Crippen LogP contribution in [0.2, 0.25) is 0 Å². The van der Waals surface area contributed by atoms with E-state index in [1.807, 2.05) is 6.92 Å². The van der Waals surface area contributed by atoms with E-state index in [2.05, 4.69) is 0 Å². The molecule has 0 rings (SSSR count). The minimum Gasteiger partial charge on any atom is -0.478 e. The van der Waals surface area contributed by atoms with Crippen LogP contribution >= 0.6 is 0 Å². The molecule has 4 heteroatoms. The standard InChI is InChI=1S/C10H18O4/c1-2-3-4-5-8(11)9(12)6-7-10(13)14/h6-9,11-12H,2-5H2,1H3,(H,13,14). The average Bonchev–Trinajstić information content (AvgIpc) is 2.14. The Morgan fingerprint density at radius 2 is 2.00 bits per heavy atom. The van der Waals surface area contributed by atoms with Crippen LogP contribution in [0.4, 0.5) is 0 Å². The number of aliphatic hydroxyl groups is 2. The van der Waals surface area contributed by atoms with Crippen LogP contribution < -0.4 is 0 Å². The molecule has 0 radical (unpaired) electrons. The first-order valence-corrected chi connectivity index (χ1v) is 4.85. The van der Waals surface area contributed by atoms with Crippen molar-refractivity contribution < 1.29 is 20.1 Å². The molecule has 0 aliphatic rings. The van der Waals surface area contributed by atoms with Crippen LogP contribution in [0.3, 0.4) is 0 Å². The number of carbonyl (C=O) groups is 1. The van der Waals surface area contributed by atoms with E-state index in [1.54, 1.807) is 0 Å². The summed E-state index contributed by atoms with van der Waals surface area (Å²) in [6, 6.07) is 0. The zero-order valence-corrected chi connectivity index (χ0v) is 8.39. The van der Waals surface area contributed by atoms with Gasteiger partial charge in [0.2, 0.25) is 0 Å². The third-order valence-electron chi connectivity index (χ3n) is 1.93. The lowest BCUT2D eigenvalue weighted by molar-refractivity contribution is -0.131. The molecule has 0 spiro atoms. The summed E-state index contributed by atoms with van der Waals surface area (Å²) in [4.78, 5) is 10.1. The first kappa shape index (κ1) is 13.1. The highest BCUT2D eigenvalue weighted by molar-refractivity contribution is 5.79. The molecule has 2 atom stereocenters. The molecule has 2 unspecified atom stereocenters. The van der Waals surface area contributed by atoms with Gasteiger partial charge in [0.1, 0.15) is 0 Å². The van der Waals surface area contributed by atoms with Crippen molar-refractivity contribution in [3.8, 4) is 0 Å². The second-order valence-corrected chi connectivity index (χ2v) is 3.25. The summed E-state index contributed by atoms with van der Waals surface area (Å²) in [6.45, 7) is 2.05. The smallest absolute Gasteiger partial charge is 0.328 e. The lowest BCUT2D eigenvalue weighted by Crippen LogP contribution is -2.23. The van der Waals surface area contributed by atoms with E-state index in [4.69, 9.17) is 5.11 Å². The zero-order valence-electron chi connectivity index (χ0n) is 8.39.